The Hall–Kier alpha value is -0.570. The van der Waals surface area contributed by atoms with E-state index >= 15 is 0 Å². The number of nitrogens with one attached hydrogen (secondary N) is 1. The summed E-state index contributed by atoms with van der Waals surface area (Å²) in [6.45, 7) is 7.77. The molecule has 0 aromatic rings. The minimum absolute atomic E-state index is 0.331. The fraction of sp³-hybridized carbons (Fsp3) is 0.944. The van der Waals surface area contributed by atoms with E-state index in [2.05, 4.69) is 24.1 Å². The maximum Gasteiger partial charge on any atom is 0.225 e. The lowest BCUT2D eigenvalue weighted by molar-refractivity contribution is -0.137. The Kier molecular flexibility index (Phi) is 4.88. The maximum atomic E-state index is 12.9. The van der Waals surface area contributed by atoms with Crippen molar-refractivity contribution in [1.82, 2.24) is 10.2 Å². The second kappa shape index (κ2) is 6.68. The lowest BCUT2D eigenvalue weighted by Gasteiger charge is -2.33. The Labute approximate surface area is 129 Å². The summed E-state index contributed by atoms with van der Waals surface area (Å²) in [6, 6.07) is 0.454. The lowest BCUT2D eigenvalue weighted by Crippen LogP contribution is -2.42. The van der Waals surface area contributed by atoms with Crippen molar-refractivity contribution in [1.29, 1.82) is 0 Å². The van der Waals surface area contributed by atoms with Gasteiger partial charge in [0.15, 0.2) is 0 Å². The number of likely N-dealkylation sites (tertiary alicyclic amines) is 1. The van der Waals surface area contributed by atoms with Gasteiger partial charge in [-0.3, -0.25) is 4.79 Å². The highest BCUT2D eigenvalue weighted by atomic mass is 16.2. The van der Waals surface area contributed by atoms with Gasteiger partial charge in [-0.05, 0) is 50.4 Å². The molecule has 0 radical (unpaired) electrons. The topological polar surface area (TPSA) is 32.3 Å². The molecule has 0 aromatic heterocycles. The molecule has 2 heterocycles. The monoisotopic (exact) mass is 292 g/mol. The summed E-state index contributed by atoms with van der Waals surface area (Å²) < 4.78 is 0. The second-order valence-corrected chi connectivity index (χ2v) is 7.67. The van der Waals surface area contributed by atoms with Gasteiger partial charge in [0.05, 0.1) is 0 Å². The third kappa shape index (κ3) is 3.13. The SMILES string of the molecule is CCCCC1CCC(C(=O)N2CC3CNCC3C2C)CC1. The minimum Gasteiger partial charge on any atom is -0.339 e. The summed E-state index contributed by atoms with van der Waals surface area (Å²) in [5.41, 5.74) is 0. The molecule has 1 amide bonds. The molecule has 3 aliphatic rings. The van der Waals surface area contributed by atoms with Crippen molar-refractivity contribution in [2.75, 3.05) is 19.6 Å². The van der Waals surface area contributed by atoms with Crippen LogP contribution in [0.5, 0.6) is 0 Å². The van der Waals surface area contributed by atoms with Crippen LogP contribution in [0.4, 0.5) is 0 Å². The first-order valence-electron chi connectivity index (χ1n) is 9.22. The van der Waals surface area contributed by atoms with Crippen LogP contribution in [0.2, 0.25) is 0 Å². The van der Waals surface area contributed by atoms with Crippen LogP contribution in [-0.2, 0) is 4.79 Å². The highest BCUT2D eigenvalue weighted by Gasteiger charge is 2.45. The summed E-state index contributed by atoms with van der Waals surface area (Å²) >= 11 is 0. The Morgan fingerprint density at radius 3 is 2.62 bits per heavy atom. The third-order valence-corrected chi connectivity index (χ3v) is 6.38. The van der Waals surface area contributed by atoms with E-state index in [1.807, 2.05) is 0 Å². The molecule has 3 nitrogen and oxygen atoms in total. The van der Waals surface area contributed by atoms with E-state index in [9.17, 15) is 4.79 Å². The molecular formula is C18H32N2O. The molecule has 1 N–H and O–H groups in total. The first-order chi connectivity index (χ1) is 10.2. The van der Waals surface area contributed by atoms with Gasteiger partial charge in [-0.15, -0.1) is 0 Å². The zero-order chi connectivity index (χ0) is 14.8. The maximum absolute atomic E-state index is 12.9. The fourth-order valence-electron chi connectivity index (χ4n) is 4.88. The van der Waals surface area contributed by atoms with Crippen molar-refractivity contribution in [3.05, 3.63) is 0 Å². The van der Waals surface area contributed by atoms with Gasteiger partial charge < -0.3 is 10.2 Å². The molecule has 0 bridgehead atoms. The predicted molar refractivity (Wildman–Crippen MR) is 86.0 cm³/mol. The smallest absolute Gasteiger partial charge is 0.225 e. The number of carbonyl (C=O) groups is 1. The van der Waals surface area contributed by atoms with Crippen LogP contribution in [-0.4, -0.2) is 36.5 Å². The third-order valence-electron chi connectivity index (χ3n) is 6.38. The number of amides is 1. The summed E-state index contributed by atoms with van der Waals surface area (Å²) in [5.74, 6) is 3.12. The average molecular weight is 292 g/mol. The van der Waals surface area contributed by atoms with E-state index in [1.165, 1.54) is 32.1 Å². The summed E-state index contributed by atoms with van der Waals surface area (Å²) in [4.78, 5) is 15.1. The molecule has 3 atom stereocenters. The van der Waals surface area contributed by atoms with Gasteiger partial charge in [0.25, 0.3) is 0 Å². The van der Waals surface area contributed by atoms with Crippen LogP contribution in [0.25, 0.3) is 0 Å². The van der Waals surface area contributed by atoms with Gasteiger partial charge in [-0.2, -0.15) is 0 Å². The normalized spacial score (nSPS) is 39.5. The number of unbranched alkanes of at least 4 members (excludes halogenated alkanes) is 1. The molecule has 2 aliphatic heterocycles. The van der Waals surface area contributed by atoms with Gasteiger partial charge in [0.2, 0.25) is 5.91 Å². The molecule has 120 valence electrons. The highest BCUT2D eigenvalue weighted by Crippen LogP contribution is 2.37. The number of fused-ring (bicyclic) bond motifs is 1. The number of hydrogen-bond acceptors (Lipinski definition) is 2. The van der Waals surface area contributed by atoms with Crippen LogP contribution in [0.3, 0.4) is 0 Å². The molecule has 3 unspecified atom stereocenters. The minimum atomic E-state index is 0.331. The van der Waals surface area contributed by atoms with E-state index in [4.69, 9.17) is 0 Å². The first-order valence-corrected chi connectivity index (χ1v) is 9.22. The van der Waals surface area contributed by atoms with Crippen molar-refractivity contribution >= 4 is 5.91 Å². The average Bonchev–Trinajstić information content (AvgIpc) is 3.08. The number of rotatable bonds is 4. The molecule has 0 aromatic carbocycles. The largest absolute Gasteiger partial charge is 0.339 e. The molecule has 3 fully saturated rings. The van der Waals surface area contributed by atoms with Crippen molar-refractivity contribution in [2.45, 2.75) is 64.8 Å². The quantitative estimate of drug-likeness (QED) is 0.864. The zero-order valence-corrected chi connectivity index (χ0v) is 13.8. The number of carbonyl (C=O) groups excluding carboxylic acids is 1. The van der Waals surface area contributed by atoms with Gasteiger partial charge >= 0.3 is 0 Å². The lowest BCUT2D eigenvalue weighted by atomic mass is 9.79. The van der Waals surface area contributed by atoms with Crippen LogP contribution in [0.1, 0.15) is 58.8 Å². The molecular weight excluding hydrogens is 260 g/mol. The Morgan fingerprint density at radius 1 is 1.19 bits per heavy atom. The standard InChI is InChI=1S/C18H32N2O/c1-3-4-5-14-6-8-15(9-7-14)18(21)20-12-16-10-19-11-17(16)13(20)2/h13-17,19H,3-12H2,1-2H3. The molecule has 0 spiro atoms. The number of nitrogens with zero attached hydrogens (tertiary/aromatic N) is 1. The molecule has 2 saturated heterocycles. The Morgan fingerprint density at radius 2 is 1.95 bits per heavy atom. The molecule has 3 heteroatoms. The molecule has 1 aliphatic carbocycles. The Bertz CT molecular complexity index is 362. The first kappa shape index (κ1) is 15.3. The highest BCUT2D eigenvalue weighted by molar-refractivity contribution is 5.79. The van der Waals surface area contributed by atoms with E-state index in [0.29, 0.717) is 29.7 Å². The predicted octanol–water partition coefficient (Wildman–Crippen LogP) is 3.05. The Balaban J connectivity index is 1.50. The van der Waals surface area contributed by atoms with E-state index in [1.54, 1.807) is 0 Å². The second-order valence-electron chi connectivity index (χ2n) is 7.67. The summed E-state index contributed by atoms with van der Waals surface area (Å²) in [6.07, 6.45) is 8.91. The molecule has 3 rings (SSSR count). The van der Waals surface area contributed by atoms with Gasteiger partial charge in [-0.1, -0.05) is 26.2 Å². The van der Waals surface area contributed by atoms with Crippen molar-refractivity contribution < 1.29 is 4.79 Å². The van der Waals surface area contributed by atoms with E-state index in [-0.39, 0.29) is 0 Å². The van der Waals surface area contributed by atoms with E-state index < -0.39 is 0 Å². The van der Waals surface area contributed by atoms with E-state index in [0.717, 1.165) is 38.4 Å². The summed E-state index contributed by atoms with van der Waals surface area (Å²) in [5, 5.41) is 3.48. The van der Waals surface area contributed by atoms with Gasteiger partial charge in [-0.25, -0.2) is 0 Å². The fourth-order valence-corrected chi connectivity index (χ4v) is 4.88. The zero-order valence-electron chi connectivity index (χ0n) is 13.8. The number of hydrogen-bond donors (Lipinski definition) is 1. The summed E-state index contributed by atoms with van der Waals surface area (Å²) in [7, 11) is 0. The van der Waals surface area contributed by atoms with Crippen molar-refractivity contribution in [3.8, 4) is 0 Å². The van der Waals surface area contributed by atoms with Crippen LogP contribution in [0.15, 0.2) is 0 Å². The van der Waals surface area contributed by atoms with Gasteiger partial charge in [0, 0.05) is 31.6 Å². The van der Waals surface area contributed by atoms with Crippen molar-refractivity contribution in [2.24, 2.45) is 23.7 Å². The molecule has 21 heavy (non-hydrogen) atoms. The van der Waals surface area contributed by atoms with Crippen LogP contribution < -0.4 is 5.32 Å². The van der Waals surface area contributed by atoms with Crippen LogP contribution >= 0.6 is 0 Å². The van der Waals surface area contributed by atoms with Gasteiger partial charge in [0.1, 0.15) is 0 Å². The van der Waals surface area contributed by atoms with Crippen molar-refractivity contribution in [3.63, 3.8) is 0 Å². The van der Waals surface area contributed by atoms with Crippen LogP contribution in [0, 0.1) is 23.7 Å². The molecule has 1 saturated carbocycles.